The molecular weight excluding hydrogens is 283 g/mol. The van der Waals surface area contributed by atoms with Crippen LogP contribution in [0.4, 0.5) is 10.1 Å². The summed E-state index contributed by atoms with van der Waals surface area (Å²) in [6.45, 7) is 7.83. The molecule has 0 unspecified atom stereocenters. The van der Waals surface area contributed by atoms with E-state index in [9.17, 15) is 4.39 Å². The minimum atomic E-state index is -0.186. The first-order valence-corrected chi connectivity index (χ1v) is 8.00. The molecule has 1 aromatic heterocycles. The van der Waals surface area contributed by atoms with Crippen LogP contribution in [0.5, 0.6) is 0 Å². The van der Waals surface area contributed by atoms with Crippen molar-refractivity contribution in [3.05, 3.63) is 52.0 Å². The quantitative estimate of drug-likeness (QED) is 0.880. The van der Waals surface area contributed by atoms with Crippen LogP contribution in [0.2, 0.25) is 0 Å². The number of halogens is 1. The van der Waals surface area contributed by atoms with Gasteiger partial charge < -0.3 is 10.2 Å². The lowest BCUT2D eigenvalue weighted by atomic mass is 10.1. The van der Waals surface area contributed by atoms with Gasteiger partial charge in [0.15, 0.2) is 0 Å². The van der Waals surface area contributed by atoms with Crippen molar-refractivity contribution in [1.29, 1.82) is 0 Å². The maximum absolute atomic E-state index is 13.6. The number of hydrogen-bond donors (Lipinski definition) is 1. The predicted molar refractivity (Wildman–Crippen MR) is 89.4 cm³/mol. The molecule has 0 aliphatic carbocycles. The third kappa shape index (κ3) is 4.83. The monoisotopic (exact) mass is 306 g/mol. The molecule has 2 rings (SSSR count). The molecule has 114 valence electrons. The second-order valence-electron chi connectivity index (χ2n) is 6.31. The normalized spacial score (nSPS) is 11.7. The minimum absolute atomic E-state index is 0.00983. The fourth-order valence-corrected chi connectivity index (χ4v) is 2.91. The standard InChI is InChI=1S/C17H23FN2S/c1-17(2,3)19-11-13-10-14(18)7-8-16(13)20(4)12-15-6-5-9-21-15/h5-10,19H,11-12H2,1-4H3. The van der Waals surface area contributed by atoms with Crippen molar-refractivity contribution in [1.82, 2.24) is 5.32 Å². The summed E-state index contributed by atoms with van der Waals surface area (Å²) >= 11 is 1.74. The van der Waals surface area contributed by atoms with Crippen molar-refractivity contribution >= 4 is 17.0 Å². The maximum atomic E-state index is 13.6. The van der Waals surface area contributed by atoms with E-state index in [0.29, 0.717) is 6.54 Å². The summed E-state index contributed by atoms with van der Waals surface area (Å²) in [5, 5.41) is 5.51. The molecule has 0 radical (unpaired) electrons. The molecule has 0 saturated carbocycles. The largest absolute Gasteiger partial charge is 0.369 e. The summed E-state index contributed by atoms with van der Waals surface area (Å²) in [4.78, 5) is 3.47. The average molecular weight is 306 g/mol. The van der Waals surface area contributed by atoms with E-state index in [1.807, 2.05) is 13.1 Å². The first-order valence-electron chi connectivity index (χ1n) is 7.12. The molecule has 0 bridgehead atoms. The Morgan fingerprint density at radius 3 is 2.62 bits per heavy atom. The first kappa shape index (κ1) is 16.0. The molecule has 0 aliphatic heterocycles. The zero-order chi connectivity index (χ0) is 15.5. The van der Waals surface area contributed by atoms with E-state index in [2.05, 4.69) is 48.5 Å². The Labute approximate surface area is 130 Å². The van der Waals surface area contributed by atoms with Gasteiger partial charge >= 0.3 is 0 Å². The highest BCUT2D eigenvalue weighted by Gasteiger charge is 2.13. The molecule has 0 atom stereocenters. The van der Waals surface area contributed by atoms with Gasteiger partial charge in [-0.05, 0) is 56.0 Å². The summed E-state index contributed by atoms with van der Waals surface area (Å²) in [7, 11) is 2.05. The molecule has 2 nitrogen and oxygen atoms in total. The van der Waals surface area contributed by atoms with Crippen LogP contribution in [0.1, 0.15) is 31.2 Å². The highest BCUT2D eigenvalue weighted by molar-refractivity contribution is 7.09. The van der Waals surface area contributed by atoms with E-state index in [1.165, 1.54) is 10.9 Å². The van der Waals surface area contributed by atoms with Gasteiger partial charge in [0.05, 0.1) is 6.54 Å². The summed E-state index contributed by atoms with van der Waals surface area (Å²) in [5.74, 6) is -0.186. The summed E-state index contributed by atoms with van der Waals surface area (Å²) in [6, 6.07) is 9.20. The van der Waals surface area contributed by atoms with Crippen molar-refractivity contribution < 1.29 is 4.39 Å². The fraction of sp³-hybridized carbons (Fsp3) is 0.412. The summed E-state index contributed by atoms with van der Waals surface area (Å²) in [5.41, 5.74) is 2.07. The van der Waals surface area contributed by atoms with E-state index in [-0.39, 0.29) is 11.4 Å². The molecule has 1 N–H and O–H groups in total. The van der Waals surface area contributed by atoms with Gasteiger partial charge in [-0.1, -0.05) is 6.07 Å². The zero-order valence-electron chi connectivity index (χ0n) is 13.1. The van der Waals surface area contributed by atoms with Gasteiger partial charge in [-0.3, -0.25) is 0 Å². The van der Waals surface area contributed by atoms with Crippen LogP contribution < -0.4 is 10.2 Å². The van der Waals surface area contributed by atoms with Crippen LogP contribution in [-0.2, 0) is 13.1 Å². The minimum Gasteiger partial charge on any atom is -0.369 e. The predicted octanol–water partition coefficient (Wildman–Crippen LogP) is 4.41. The Bertz CT molecular complexity index is 573. The lowest BCUT2D eigenvalue weighted by Crippen LogP contribution is -2.35. The maximum Gasteiger partial charge on any atom is 0.123 e. The van der Waals surface area contributed by atoms with Crippen molar-refractivity contribution in [3.8, 4) is 0 Å². The van der Waals surface area contributed by atoms with Crippen molar-refractivity contribution in [2.24, 2.45) is 0 Å². The highest BCUT2D eigenvalue weighted by atomic mass is 32.1. The van der Waals surface area contributed by atoms with Gasteiger partial charge in [-0.15, -0.1) is 11.3 Å². The smallest absolute Gasteiger partial charge is 0.123 e. The number of benzene rings is 1. The molecular formula is C17H23FN2S. The zero-order valence-corrected chi connectivity index (χ0v) is 13.9. The molecule has 4 heteroatoms. The lowest BCUT2D eigenvalue weighted by Gasteiger charge is -2.25. The number of rotatable bonds is 5. The van der Waals surface area contributed by atoms with Crippen LogP contribution >= 0.6 is 11.3 Å². The Kier molecular flexibility index (Phi) is 5.01. The van der Waals surface area contributed by atoms with Gasteiger partial charge in [0.1, 0.15) is 5.82 Å². The second kappa shape index (κ2) is 6.58. The molecule has 0 aliphatic rings. The second-order valence-corrected chi connectivity index (χ2v) is 7.34. The summed E-state index contributed by atoms with van der Waals surface area (Å²) < 4.78 is 13.6. The van der Waals surface area contributed by atoms with E-state index >= 15 is 0 Å². The molecule has 0 spiro atoms. The first-order chi connectivity index (χ1) is 9.85. The van der Waals surface area contributed by atoms with Gasteiger partial charge in [-0.2, -0.15) is 0 Å². The Hall–Kier alpha value is -1.39. The topological polar surface area (TPSA) is 15.3 Å². The Morgan fingerprint density at radius 2 is 2.00 bits per heavy atom. The Morgan fingerprint density at radius 1 is 1.24 bits per heavy atom. The highest BCUT2D eigenvalue weighted by Crippen LogP contribution is 2.24. The van der Waals surface area contributed by atoms with Crippen molar-refractivity contribution in [3.63, 3.8) is 0 Å². The summed E-state index contributed by atoms with van der Waals surface area (Å²) in [6.07, 6.45) is 0. The van der Waals surface area contributed by atoms with Crippen LogP contribution in [-0.4, -0.2) is 12.6 Å². The van der Waals surface area contributed by atoms with Gasteiger partial charge in [0.25, 0.3) is 0 Å². The van der Waals surface area contributed by atoms with E-state index in [4.69, 9.17) is 0 Å². The average Bonchev–Trinajstić information content (AvgIpc) is 2.88. The van der Waals surface area contributed by atoms with Crippen molar-refractivity contribution in [2.75, 3.05) is 11.9 Å². The molecule has 0 fully saturated rings. The van der Waals surface area contributed by atoms with Gasteiger partial charge in [0.2, 0.25) is 0 Å². The number of anilines is 1. The molecule has 0 saturated heterocycles. The SMILES string of the molecule is CN(Cc1cccs1)c1ccc(F)cc1CNC(C)(C)C. The van der Waals surface area contributed by atoms with E-state index in [1.54, 1.807) is 17.4 Å². The molecule has 21 heavy (non-hydrogen) atoms. The van der Waals surface area contributed by atoms with E-state index < -0.39 is 0 Å². The molecule has 1 heterocycles. The van der Waals surface area contributed by atoms with Crippen LogP contribution in [0.25, 0.3) is 0 Å². The molecule has 1 aromatic carbocycles. The third-order valence-corrected chi connectivity index (χ3v) is 4.10. The molecule has 0 amide bonds. The number of hydrogen-bond acceptors (Lipinski definition) is 3. The molecule has 2 aromatic rings. The van der Waals surface area contributed by atoms with Gasteiger partial charge in [0, 0.05) is 29.7 Å². The lowest BCUT2D eigenvalue weighted by molar-refractivity contribution is 0.423. The van der Waals surface area contributed by atoms with Crippen LogP contribution in [0.15, 0.2) is 35.7 Å². The van der Waals surface area contributed by atoms with Crippen molar-refractivity contribution in [2.45, 2.75) is 39.4 Å². The van der Waals surface area contributed by atoms with Gasteiger partial charge in [-0.25, -0.2) is 4.39 Å². The number of nitrogens with one attached hydrogen (secondary N) is 1. The van der Waals surface area contributed by atoms with Crippen LogP contribution in [0.3, 0.4) is 0 Å². The Balaban J connectivity index is 2.17. The number of nitrogens with zero attached hydrogens (tertiary/aromatic N) is 1. The third-order valence-electron chi connectivity index (χ3n) is 3.24. The van der Waals surface area contributed by atoms with Crippen LogP contribution in [0, 0.1) is 5.82 Å². The fourth-order valence-electron chi connectivity index (χ4n) is 2.15. The number of thiophene rings is 1. The van der Waals surface area contributed by atoms with E-state index in [0.717, 1.165) is 17.8 Å².